The Morgan fingerprint density at radius 2 is 2.00 bits per heavy atom. The predicted molar refractivity (Wildman–Crippen MR) is 67.3 cm³/mol. The molecule has 0 unspecified atom stereocenters. The van der Waals surface area contributed by atoms with Gasteiger partial charge < -0.3 is 19.9 Å². The Balaban J connectivity index is 1.83. The molecule has 0 saturated heterocycles. The van der Waals surface area contributed by atoms with Crippen molar-refractivity contribution in [1.82, 2.24) is 0 Å². The molecule has 0 fully saturated rings. The number of unbranched alkanes of at least 4 members (excludes halogenated alkanes) is 1. The Morgan fingerprint density at radius 1 is 1.21 bits per heavy atom. The van der Waals surface area contributed by atoms with Crippen molar-refractivity contribution in [1.29, 1.82) is 0 Å². The third-order valence-electron chi connectivity index (χ3n) is 2.72. The zero-order valence-electron chi connectivity index (χ0n) is 10.3. The summed E-state index contributed by atoms with van der Waals surface area (Å²) >= 11 is 0. The first-order valence-electron chi connectivity index (χ1n) is 6.07. The van der Waals surface area contributed by atoms with Crippen LogP contribution in [-0.2, 0) is 9.59 Å². The predicted octanol–water partition coefficient (Wildman–Crippen LogP) is 2.00. The molecule has 1 aromatic rings. The Morgan fingerprint density at radius 3 is 2.79 bits per heavy atom. The molecule has 19 heavy (non-hydrogen) atoms. The SMILES string of the molecule is O=C(O)CCCCC(=O)Nc1cccc2c1OCO2. The summed E-state index contributed by atoms with van der Waals surface area (Å²) in [6.07, 6.45) is 1.42. The largest absolute Gasteiger partial charge is 0.481 e. The number of aliphatic carboxylic acids is 1. The lowest BCUT2D eigenvalue weighted by molar-refractivity contribution is -0.137. The van der Waals surface area contributed by atoms with Gasteiger partial charge in [0.05, 0.1) is 5.69 Å². The van der Waals surface area contributed by atoms with Crippen molar-refractivity contribution < 1.29 is 24.2 Å². The Bertz CT molecular complexity index is 486. The summed E-state index contributed by atoms with van der Waals surface area (Å²) in [5.74, 6) is 0.159. The molecule has 1 amide bonds. The van der Waals surface area contributed by atoms with Crippen molar-refractivity contribution in [3.05, 3.63) is 18.2 Å². The maximum atomic E-state index is 11.7. The van der Waals surface area contributed by atoms with Crippen LogP contribution in [0, 0.1) is 0 Å². The molecule has 0 saturated carbocycles. The number of ether oxygens (including phenoxy) is 2. The minimum atomic E-state index is -0.841. The Hall–Kier alpha value is -2.24. The molecule has 0 aromatic heterocycles. The maximum absolute atomic E-state index is 11.7. The average Bonchev–Trinajstić information content (AvgIpc) is 2.84. The molecule has 0 radical (unpaired) electrons. The van der Waals surface area contributed by atoms with Gasteiger partial charge in [0.2, 0.25) is 12.7 Å². The molecule has 0 bridgehead atoms. The van der Waals surface area contributed by atoms with Crippen LogP contribution in [0.3, 0.4) is 0 Å². The van der Waals surface area contributed by atoms with Crippen LogP contribution in [0.15, 0.2) is 18.2 Å². The molecule has 102 valence electrons. The van der Waals surface area contributed by atoms with Gasteiger partial charge in [-0.3, -0.25) is 9.59 Å². The lowest BCUT2D eigenvalue weighted by Crippen LogP contribution is -2.11. The van der Waals surface area contributed by atoms with Crippen molar-refractivity contribution in [2.45, 2.75) is 25.7 Å². The van der Waals surface area contributed by atoms with Crippen molar-refractivity contribution in [3.8, 4) is 11.5 Å². The number of hydrogen-bond acceptors (Lipinski definition) is 4. The van der Waals surface area contributed by atoms with Gasteiger partial charge in [-0.2, -0.15) is 0 Å². The van der Waals surface area contributed by atoms with E-state index in [0.717, 1.165) is 0 Å². The molecule has 6 heteroatoms. The average molecular weight is 265 g/mol. The van der Waals surface area contributed by atoms with E-state index in [4.69, 9.17) is 14.6 Å². The van der Waals surface area contributed by atoms with Crippen molar-refractivity contribution in [2.24, 2.45) is 0 Å². The van der Waals surface area contributed by atoms with Crippen LogP contribution in [0.4, 0.5) is 5.69 Å². The third-order valence-corrected chi connectivity index (χ3v) is 2.72. The summed E-state index contributed by atoms with van der Waals surface area (Å²) in [4.78, 5) is 22.0. The van der Waals surface area contributed by atoms with Gasteiger partial charge in [0, 0.05) is 12.8 Å². The smallest absolute Gasteiger partial charge is 0.303 e. The molecule has 0 aliphatic carbocycles. The molecule has 6 nitrogen and oxygen atoms in total. The number of carbonyl (C=O) groups is 2. The summed E-state index contributed by atoms with van der Waals surface area (Å²) in [5.41, 5.74) is 0.582. The van der Waals surface area contributed by atoms with Gasteiger partial charge in [-0.25, -0.2) is 0 Å². The monoisotopic (exact) mass is 265 g/mol. The van der Waals surface area contributed by atoms with Crippen LogP contribution in [0.2, 0.25) is 0 Å². The molecule has 1 aromatic carbocycles. The maximum Gasteiger partial charge on any atom is 0.303 e. The summed E-state index contributed by atoms with van der Waals surface area (Å²) < 4.78 is 10.5. The van der Waals surface area contributed by atoms with E-state index in [1.54, 1.807) is 18.2 Å². The number of carbonyl (C=O) groups excluding carboxylic acids is 1. The number of carboxylic acid groups (broad SMARTS) is 1. The minimum absolute atomic E-state index is 0.0883. The van der Waals surface area contributed by atoms with E-state index in [2.05, 4.69) is 5.32 Å². The fraction of sp³-hybridized carbons (Fsp3) is 0.385. The van der Waals surface area contributed by atoms with Crippen LogP contribution in [0.25, 0.3) is 0 Å². The molecule has 2 rings (SSSR count). The van der Waals surface area contributed by atoms with Crippen LogP contribution in [-0.4, -0.2) is 23.8 Å². The molecule has 1 aliphatic heterocycles. The number of nitrogens with one attached hydrogen (secondary N) is 1. The van der Waals surface area contributed by atoms with Gasteiger partial charge >= 0.3 is 5.97 Å². The van der Waals surface area contributed by atoms with E-state index in [9.17, 15) is 9.59 Å². The number of para-hydroxylation sites is 1. The van der Waals surface area contributed by atoms with Crippen molar-refractivity contribution >= 4 is 17.6 Å². The van der Waals surface area contributed by atoms with Gasteiger partial charge in [0.25, 0.3) is 0 Å². The van der Waals surface area contributed by atoms with Crippen molar-refractivity contribution in [2.75, 3.05) is 12.1 Å². The minimum Gasteiger partial charge on any atom is -0.481 e. The van der Waals surface area contributed by atoms with E-state index in [-0.39, 0.29) is 25.5 Å². The number of hydrogen-bond donors (Lipinski definition) is 2. The van der Waals surface area contributed by atoms with Crippen LogP contribution in [0.1, 0.15) is 25.7 Å². The fourth-order valence-electron chi connectivity index (χ4n) is 1.80. The van der Waals surface area contributed by atoms with E-state index in [1.807, 2.05) is 0 Å². The summed E-state index contributed by atoms with van der Waals surface area (Å²) in [6.45, 7) is 0.154. The number of anilines is 1. The zero-order chi connectivity index (χ0) is 13.7. The topological polar surface area (TPSA) is 84.9 Å². The molecule has 0 atom stereocenters. The first-order chi connectivity index (χ1) is 9.16. The third kappa shape index (κ3) is 3.61. The normalized spacial score (nSPS) is 12.2. The Labute approximate surface area is 110 Å². The molecule has 2 N–H and O–H groups in total. The highest BCUT2D eigenvalue weighted by Gasteiger charge is 2.18. The fourth-order valence-corrected chi connectivity index (χ4v) is 1.80. The second-order valence-corrected chi connectivity index (χ2v) is 4.19. The van der Waals surface area contributed by atoms with Crippen LogP contribution >= 0.6 is 0 Å². The highest BCUT2D eigenvalue weighted by molar-refractivity contribution is 5.92. The second kappa shape index (κ2) is 6.08. The van der Waals surface area contributed by atoms with E-state index < -0.39 is 5.97 Å². The standard InChI is InChI=1S/C13H15NO5/c15-11(6-1-2-7-12(16)17)14-9-4-3-5-10-13(9)19-8-18-10/h3-5H,1-2,6-8H2,(H,14,15)(H,16,17). The van der Waals surface area contributed by atoms with Crippen LogP contribution < -0.4 is 14.8 Å². The summed E-state index contributed by atoms with van der Waals surface area (Å²) in [7, 11) is 0. The van der Waals surface area contributed by atoms with Gasteiger partial charge in [0.1, 0.15) is 0 Å². The zero-order valence-corrected chi connectivity index (χ0v) is 10.3. The lowest BCUT2D eigenvalue weighted by atomic mass is 10.2. The van der Waals surface area contributed by atoms with Crippen LogP contribution in [0.5, 0.6) is 11.5 Å². The van der Waals surface area contributed by atoms with E-state index in [0.29, 0.717) is 30.0 Å². The molecule has 1 aliphatic rings. The number of benzene rings is 1. The lowest BCUT2D eigenvalue weighted by Gasteiger charge is -2.07. The number of rotatable bonds is 6. The van der Waals surface area contributed by atoms with Gasteiger partial charge in [-0.1, -0.05) is 6.07 Å². The van der Waals surface area contributed by atoms with E-state index >= 15 is 0 Å². The van der Waals surface area contributed by atoms with Gasteiger partial charge in [-0.15, -0.1) is 0 Å². The summed E-state index contributed by atoms with van der Waals surface area (Å²) in [5, 5.41) is 11.2. The van der Waals surface area contributed by atoms with Crippen molar-refractivity contribution in [3.63, 3.8) is 0 Å². The Kier molecular flexibility index (Phi) is 4.22. The highest BCUT2D eigenvalue weighted by atomic mass is 16.7. The number of carboxylic acids is 1. The molecule has 1 heterocycles. The molecule has 0 spiro atoms. The highest BCUT2D eigenvalue weighted by Crippen LogP contribution is 2.38. The first kappa shape index (κ1) is 13.2. The van der Waals surface area contributed by atoms with Gasteiger partial charge in [0.15, 0.2) is 11.5 Å². The second-order valence-electron chi connectivity index (χ2n) is 4.19. The first-order valence-corrected chi connectivity index (χ1v) is 6.07. The molecular weight excluding hydrogens is 250 g/mol. The summed E-state index contributed by atoms with van der Waals surface area (Å²) in [6, 6.07) is 5.28. The quantitative estimate of drug-likeness (QED) is 0.768. The number of fused-ring (bicyclic) bond motifs is 1. The van der Waals surface area contributed by atoms with E-state index in [1.165, 1.54) is 0 Å². The van der Waals surface area contributed by atoms with Gasteiger partial charge in [-0.05, 0) is 25.0 Å². The number of amides is 1. The molecular formula is C13H15NO5.